The molecule has 1 aliphatic heterocycles. The van der Waals surface area contributed by atoms with Gasteiger partial charge in [0.2, 0.25) is 0 Å². The summed E-state index contributed by atoms with van der Waals surface area (Å²) in [7, 11) is 1.66. The summed E-state index contributed by atoms with van der Waals surface area (Å²) in [5.74, 6) is 0.799. The fraction of sp³-hybridized carbons (Fsp3) is 0.350. The summed E-state index contributed by atoms with van der Waals surface area (Å²) in [5.41, 5.74) is 2.09. The lowest BCUT2D eigenvalue weighted by atomic mass is 10.1. The zero-order valence-electron chi connectivity index (χ0n) is 14.9. The molecule has 1 heterocycles. The van der Waals surface area contributed by atoms with Gasteiger partial charge in [-0.2, -0.15) is 0 Å². The summed E-state index contributed by atoms with van der Waals surface area (Å²) < 4.78 is 5.25. The molecule has 1 atom stereocenters. The fourth-order valence-corrected chi connectivity index (χ4v) is 3.95. The molecule has 1 fully saturated rings. The van der Waals surface area contributed by atoms with Crippen LogP contribution in [0.5, 0.6) is 5.75 Å². The maximum absolute atomic E-state index is 6.47. The first-order chi connectivity index (χ1) is 12.7. The normalized spacial score (nSPS) is 15.5. The Morgan fingerprint density at radius 1 is 1.19 bits per heavy atom. The molecule has 2 aromatic carbocycles. The molecular weight excluding hydrogens is 366 g/mol. The topological polar surface area (TPSA) is 37.7 Å². The van der Waals surface area contributed by atoms with E-state index < -0.39 is 0 Å². The number of hydrogen-bond acceptors (Lipinski definition) is 2. The van der Waals surface area contributed by atoms with Crippen LogP contribution in [0, 0.1) is 0 Å². The van der Waals surface area contributed by atoms with Crippen LogP contribution in [0.2, 0.25) is 5.02 Å². The van der Waals surface area contributed by atoms with Crippen LogP contribution in [0.3, 0.4) is 0 Å². The summed E-state index contributed by atoms with van der Waals surface area (Å²) in [5, 5.41) is 8.03. The lowest BCUT2D eigenvalue weighted by Crippen LogP contribution is -3.11. The van der Waals surface area contributed by atoms with Crippen LogP contribution in [0.15, 0.2) is 48.5 Å². The van der Waals surface area contributed by atoms with Gasteiger partial charge in [-0.25, -0.2) is 0 Å². The summed E-state index contributed by atoms with van der Waals surface area (Å²) in [4.78, 5) is 1.56. The molecule has 4 nitrogen and oxygen atoms in total. The average molecular weight is 391 g/mol. The number of benzene rings is 2. The van der Waals surface area contributed by atoms with Crippen molar-refractivity contribution in [2.75, 3.05) is 32.1 Å². The minimum atomic E-state index is 0.288. The lowest BCUT2D eigenvalue weighted by molar-refractivity contribution is -0.918. The van der Waals surface area contributed by atoms with Crippen molar-refractivity contribution in [2.45, 2.75) is 18.9 Å². The van der Waals surface area contributed by atoms with Crippen LogP contribution >= 0.6 is 23.8 Å². The monoisotopic (exact) mass is 390 g/mol. The van der Waals surface area contributed by atoms with Crippen LogP contribution in [-0.2, 0) is 0 Å². The number of halogens is 1. The van der Waals surface area contributed by atoms with Gasteiger partial charge in [-0.3, -0.25) is 0 Å². The zero-order valence-corrected chi connectivity index (χ0v) is 16.5. The van der Waals surface area contributed by atoms with Crippen LogP contribution in [0.4, 0.5) is 5.69 Å². The third-order valence-electron chi connectivity index (χ3n) is 4.81. The minimum absolute atomic E-state index is 0.288. The van der Waals surface area contributed by atoms with Gasteiger partial charge in [0.25, 0.3) is 0 Å². The fourth-order valence-electron chi connectivity index (χ4n) is 3.48. The molecule has 0 saturated carbocycles. The molecule has 3 rings (SSSR count). The van der Waals surface area contributed by atoms with Crippen LogP contribution in [0.25, 0.3) is 0 Å². The van der Waals surface area contributed by atoms with Crippen LogP contribution < -0.4 is 20.3 Å². The SMILES string of the molecule is COc1cccc(NC(=S)NC[C@@H](c2ccccc2Cl)[NH+]2CCCC2)c1. The van der Waals surface area contributed by atoms with E-state index in [1.54, 1.807) is 12.0 Å². The number of thiocarbonyl (C=S) groups is 1. The molecule has 0 aliphatic carbocycles. The molecule has 0 unspecified atom stereocenters. The summed E-state index contributed by atoms with van der Waals surface area (Å²) in [6.45, 7) is 3.09. The molecule has 0 aromatic heterocycles. The Morgan fingerprint density at radius 2 is 1.96 bits per heavy atom. The minimum Gasteiger partial charge on any atom is -0.497 e. The number of quaternary nitrogens is 1. The first-order valence-electron chi connectivity index (χ1n) is 8.95. The highest BCUT2D eigenvalue weighted by Gasteiger charge is 2.28. The Morgan fingerprint density at radius 3 is 2.69 bits per heavy atom. The van der Waals surface area contributed by atoms with Gasteiger partial charge < -0.3 is 20.3 Å². The maximum Gasteiger partial charge on any atom is 0.171 e. The van der Waals surface area contributed by atoms with Crippen molar-refractivity contribution in [1.82, 2.24) is 5.32 Å². The first kappa shape index (κ1) is 19.0. The Labute approximate surface area is 165 Å². The van der Waals surface area contributed by atoms with E-state index in [-0.39, 0.29) is 6.04 Å². The Bertz CT molecular complexity index is 749. The van der Waals surface area contributed by atoms with Gasteiger partial charge in [0, 0.05) is 35.2 Å². The van der Waals surface area contributed by atoms with Crippen molar-refractivity contribution >= 4 is 34.6 Å². The molecule has 0 amide bonds. The van der Waals surface area contributed by atoms with Gasteiger partial charge in [0.1, 0.15) is 11.8 Å². The van der Waals surface area contributed by atoms with Gasteiger partial charge in [-0.15, -0.1) is 0 Å². The summed E-state index contributed by atoms with van der Waals surface area (Å²) in [6.07, 6.45) is 2.53. The molecule has 2 aromatic rings. The second-order valence-corrected chi connectivity index (χ2v) is 7.32. The molecule has 3 N–H and O–H groups in total. The van der Waals surface area contributed by atoms with E-state index in [2.05, 4.69) is 22.8 Å². The highest BCUT2D eigenvalue weighted by Crippen LogP contribution is 2.21. The largest absolute Gasteiger partial charge is 0.497 e. The summed E-state index contributed by atoms with van der Waals surface area (Å²) in [6, 6.07) is 16.1. The third-order valence-corrected chi connectivity index (χ3v) is 5.40. The third kappa shape index (κ3) is 4.87. The zero-order chi connectivity index (χ0) is 18.4. The van der Waals surface area contributed by atoms with E-state index in [1.807, 2.05) is 36.4 Å². The van der Waals surface area contributed by atoms with E-state index in [0.29, 0.717) is 5.11 Å². The summed E-state index contributed by atoms with van der Waals surface area (Å²) >= 11 is 12.0. The number of hydrogen-bond donors (Lipinski definition) is 3. The van der Waals surface area contributed by atoms with Crippen LogP contribution in [-0.4, -0.2) is 31.9 Å². The Hall–Kier alpha value is -1.82. The number of nitrogens with one attached hydrogen (secondary N) is 3. The number of methoxy groups -OCH3 is 1. The molecule has 0 radical (unpaired) electrons. The van der Waals surface area contributed by atoms with Crippen molar-refractivity contribution in [3.63, 3.8) is 0 Å². The number of ether oxygens (including phenoxy) is 1. The maximum atomic E-state index is 6.47. The Balaban J connectivity index is 1.65. The van der Waals surface area contributed by atoms with Gasteiger partial charge in [-0.1, -0.05) is 35.9 Å². The van der Waals surface area contributed by atoms with E-state index in [0.717, 1.165) is 23.0 Å². The van der Waals surface area contributed by atoms with Gasteiger partial charge in [0.05, 0.1) is 26.7 Å². The molecule has 1 aliphatic rings. The average Bonchev–Trinajstić information content (AvgIpc) is 3.18. The lowest BCUT2D eigenvalue weighted by Gasteiger charge is -2.26. The molecule has 6 heteroatoms. The molecule has 0 bridgehead atoms. The van der Waals surface area contributed by atoms with Gasteiger partial charge >= 0.3 is 0 Å². The molecule has 26 heavy (non-hydrogen) atoms. The molecule has 138 valence electrons. The van der Waals surface area contributed by atoms with E-state index in [1.165, 1.54) is 31.5 Å². The second-order valence-electron chi connectivity index (χ2n) is 6.51. The number of anilines is 1. The van der Waals surface area contributed by atoms with Crippen molar-refractivity contribution in [3.8, 4) is 5.75 Å². The quantitative estimate of drug-likeness (QED) is 0.663. The first-order valence-corrected chi connectivity index (χ1v) is 9.74. The molecular formula is C20H25ClN3OS+. The molecule has 1 saturated heterocycles. The highest BCUT2D eigenvalue weighted by molar-refractivity contribution is 7.80. The predicted molar refractivity (Wildman–Crippen MR) is 111 cm³/mol. The van der Waals surface area contributed by atoms with Crippen LogP contribution in [0.1, 0.15) is 24.4 Å². The van der Waals surface area contributed by atoms with Crippen molar-refractivity contribution in [2.24, 2.45) is 0 Å². The van der Waals surface area contributed by atoms with Gasteiger partial charge in [-0.05, 0) is 30.4 Å². The standard InChI is InChI=1S/C20H24ClN3OS/c1-25-16-8-6-7-15(13-16)23-20(26)22-14-19(24-11-4-5-12-24)17-9-2-3-10-18(17)21/h2-3,6-10,13,19H,4-5,11-12,14H2,1H3,(H2,22,23,26)/p+1/t19-/m0/s1. The number of rotatable bonds is 6. The smallest absolute Gasteiger partial charge is 0.171 e. The van der Waals surface area contributed by atoms with E-state index in [4.69, 9.17) is 28.6 Å². The highest BCUT2D eigenvalue weighted by atomic mass is 35.5. The molecule has 0 spiro atoms. The predicted octanol–water partition coefficient (Wildman–Crippen LogP) is 3.06. The van der Waals surface area contributed by atoms with Crippen molar-refractivity contribution in [3.05, 3.63) is 59.1 Å². The number of likely N-dealkylation sites (tertiary alicyclic amines) is 1. The van der Waals surface area contributed by atoms with Crippen molar-refractivity contribution in [1.29, 1.82) is 0 Å². The van der Waals surface area contributed by atoms with Gasteiger partial charge in [0.15, 0.2) is 5.11 Å². The Kier molecular flexibility index (Phi) is 6.72. The van der Waals surface area contributed by atoms with E-state index in [9.17, 15) is 0 Å². The van der Waals surface area contributed by atoms with E-state index >= 15 is 0 Å². The second kappa shape index (κ2) is 9.21. The van der Waals surface area contributed by atoms with Crippen molar-refractivity contribution < 1.29 is 9.64 Å².